The molecule has 1 N–H and O–H groups in total. The van der Waals surface area contributed by atoms with Crippen molar-refractivity contribution >= 4 is 11.6 Å². The van der Waals surface area contributed by atoms with E-state index in [0.29, 0.717) is 5.56 Å². The van der Waals surface area contributed by atoms with E-state index >= 15 is 0 Å². The highest BCUT2D eigenvalue weighted by Crippen LogP contribution is 2.25. The summed E-state index contributed by atoms with van der Waals surface area (Å²) in [5, 5.41) is 3.12. The van der Waals surface area contributed by atoms with Gasteiger partial charge in [-0.3, -0.25) is 4.79 Å². The summed E-state index contributed by atoms with van der Waals surface area (Å²) < 4.78 is 0. The number of nitrogens with one attached hydrogen (secondary N) is 1. The lowest BCUT2D eigenvalue weighted by Crippen LogP contribution is -2.16. The summed E-state index contributed by atoms with van der Waals surface area (Å²) in [6.45, 7) is 10.7. The number of carbonyl (C=O) groups excluding carboxylic acids is 1. The molecule has 23 heavy (non-hydrogen) atoms. The Morgan fingerprint density at radius 1 is 0.913 bits per heavy atom. The third-order valence-electron chi connectivity index (χ3n) is 4.25. The first kappa shape index (κ1) is 17.3. The van der Waals surface area contributed by atoms with E-state index < -0.39 is 0 Å². The van der Waals surface area contributed by atoms with E-state index in [1.165, 1.54) is 16.7 Å². The molecule has 0 fully saturated rings. The van der Waals surface area contributed by atoms with Gasteiger partial charge < -0.3 is 5.32 Å². The van der Waals surface area contributed by atoms with E-state index in [-0.39, 0.29) is 11.3 Å². The van der Waals surface area contributed by atoms with Gasteiger partial charge in [-0.1, -0.05) is 65.0 Å². The van der Waals surface area contributed by atoms with Crippen molar-refractivity contribution in [2.45, 2.75) is 52.9 Å². The summed E-state index contributed by atoms with van der Waals surface area (Å²) in [4.78, 5) is 12.6. The maximum atomic E-state index is 12.6. The molecule has 0 bridgehead atoms. The largest absolute Gasteiger partial charge is 0.321 e. The number of benzene rings is 2. The summed E-state index contributed by atoms with van der Waals surface area (Å²) in [7, 11) is 0. The second kappa shape index (κ2) is 6.99. The Hall–Kier alpha value is -2.09. The minimum absolute atomic E-state index is 0.0407. The first-order valence-electron chi connectivity index (χ1n) is 8.39. The van der Waals surface area contributed by atoms with Crippen LogP contribution in [0.4, 0.5) is 5.69 Å². The van der Waals surface area contributed by atoms with E-state index in [2.05, 4.69) is 58.1 Å². The molecule has 0 aliphatic rings. The number of carbonyl (C=O) groups is 1. The third kappa shape index (κ3) is 4.01. The number of anilines is 1. The quantitative estimate of drug-likeness (QED) is 0.809. The van der Waals surface area contributed by atoms with Gasteiger partial charge in [0.05, 0.1) is 0 Å². The van der Waals surface area contributed by atoms with Crippen LogP contribution in [0.25, 0.3) is 0 Å². The highest BCUT2D eigenvalue weighted by atomic mass is 16.1. The number of hydrogen-bond acceptors (Lipinski definition) is 1. The average Bonchev–Trinajstić information content (AvgIpc) is 2.54. The number of amides is 1. The Labute approximate surface area is 139 Å². The van der Waals surface area contributed by atoms with Gasteiger partial charge in [-0.05, 0) is 47.1 Å². The molecule has 0 aromatic heterocycles. The van der Waals surface area contributed by atoms with Gasteiger partial charge in [-0.15, -0.1) is 0 Å². The molecular weight excluding hydrogens is 282 g/mol. The maximum absolute atomic E-state index is 12.6. The third-order valence-corrected chi connectivity index (χ3v) is 4.25. The van der Waals surface area contributed by atoms with Crippen molar-refractivity contribution in [1.82, 2.24) is 0 Å². The van der Waals surface area contributed by atoms with Gasteiger partial charge in [0.2, 0.25) is 0 Å². The summed E-state index contributed by atoms with van der Waals surface area (Å²) in [6.07, 6.45) is 1.82. The van der Waals surface area contributed by atoms with Crippen molar-refractivity contribution < 1.29 is 4.79 Å². The smallest absolute Gasteiger partial charge is 0.255 e. The molecule has 0 aliphatic carbocycles. The molecule has 1 amide bonds. The molecule has 2 nitrogen and oxygen atoms in total. The number of hydrogen-bond donors (Lipinski definition) is 1. The minimum atomic E-state index is -0.0407. The monoisotopic (exact) mass is 309 g/mol. The molecule has 0 aliphatic heterocycles. The molecule has 0 radical (unpaired) electrons. The van der Waals surface area contributed by atoms with Crippen LogP contribution in [0.5, 0.6) is 0 Å². The molecule has 0 atom stereocenters. The summed E-state index contributed by atoms with van der Waals surface area (Å²) in [6, 6.07) is 14.1. The highest BCUT2D eigenvalue weighted by Gasteiger charge is 2.15. The minimum Gasteiger partial charge on any atom is -0.321 e. The van der Waals surface area contributed by atoms with Crippen LogP contribution in [0, 0.1) is 0 Å². The second-order valence-corrected chi connectivity index (χ2v) is 6.94. The fourth-order valence-corrected chi connectivity index (χ4v) is 2.71. The highest BCUT2D eigenvalue weighted by molar-refractivity contribution is 6.05. The first-order chi connectivity index (χ1) is 10.9. The van der Waals surface area contributed by atoms with Crippen molar-refractivity contribution in [2.75, 3.05) is 5.32 Å². The van der Waals surface area contributed by atoms with Gasteiger partial charge >= 0.3 is 0 Å². The lowest BCUT2D eigenvalue weighted by molar-refractivity contribution is 0.102. The summed E-state index contributed by atoms with van der Waals surface area (Å²) in [5.41, 5.74) is 5.37. The molecule has 2 heteroatoms. The van der Waals surface area contributed by atoms with Gasteiger partial charge in [-0.2, -0.15) is 0 Å². The Morgan fingerprint density at radius 2 is 1.43 bits per heavy atom. The Bertz CT molecular complexity index is 656. The predicted molar refractivity (Wildman–Crippen MR) is 98.3 cm³/mol. The normalized spacial score (nSPS) is 11.3. The van der Waals surface area contributed by atoms with E-state index in [4.69, 9.17) is 0 Å². The fourth-order valence-electron chi connectivity index (χ4n) is 2.71. The van der Waals surface area contributed by atoms with Crippen LogP contribution in [0.3, 0.4) is 0 Å². The van der Waals surface area contributed by atoms with Gasteiger partial charge in [0.25, 0.3) is 5.91 Å². The van der Waals surface area contributed by atoms with Crippen molar-refractivity contribution in [3.05, 3.63) is 64.7 Å². The molecule has 0 heterocycles. The fraction of sp³-hybridized carbons (Fsp3) is 0.381. The van der Waals surface area contributed by atoms with Gasteiger partial charge in [0, 0.05) is 11.3 Å². The first-order valence-corrected chi connectivity index (χ1v) is 8.39. The van der Waals surface area contributed by atoms with E-state index in [1.54, 1.807) is 0 Å². The summed E-state index contributed by atoms with van der Waals surface area (Å²) >= 11 is 0. The zero-order chi connectivity index (χ0) is 17.0. The Kier molecular flexibility index (Phi) is 5.25. The topological polar surface area (TPSA) is 29.1 Å². The molecule has 122 valence electrons. The molecular formula is C21H27NO. The molecule has 0 unspecified atom stereocenters. The lowest BCUT2D eigenvalue weighted by Gasteiger charge is -2.19. The molecule has 0 saturated heterocycles. The Balaban J connectivity index is 2.26. The van der Waals surface area contributed by atoms with Crippen LogP contribution >= 0.6 is 0 Å². The van der Waals surface area contributed by atoms with Gasteiger partial charge in [-0.25, -0.2) is 0 Å². The van der Waals surface area contributed by atoms with Crippen molar-refractivity contribution in [1.29, 1.82) is 0 Å². The molecule has 2 rings (SSSR count). The van der Waals surface area contributed by atoms with Crippen LogP contribution in [0.1, 0.15) is 61.7 Å². The van der Waals surface area contributed by atoms with Crippen LogP contribution in [-0.2, 0) is 18.3 Å². The molecule has 2 aromatic carbocycles. The maximum Gasteiger partial charge on any atom is 0.255 e. The van der Waals surface area contributed by atoms with Gasteiger partial charge in [0.1, 0.15) is 0 Å². The SMILES string of the molecule is CCc1cccc(CC)c1NC(=O)c1ccc(C(C)(C)C)cc1. The van der Waals surface area contributed by atoms with Crippen LogP contribution in [0.15, 0.2) is 42.5 Å². The molecule has 0 spiro atoms. The van der Waals surface area contributed by atoms with E-state index in [9.17, 15) is 4.79 Å². The molecule has 0 saturated carbocycles. The van der Waals surface area contributed by atoms with E-state index in [0.717, 1.165) is 18.5 Å². The van der Waals surface area contributed by atoms with Crippen LogP contribution in [0.2, 0.25) is 0 Å². The lowest BCUT2D eigenvalue weighted by atomic mass is 9.86. The van der Waals surface area contributed by atoms with Crippen molar-refractivity contribution in [3.63, 3.8) is 0 Å². The zero-order valence-electron chi connectivity index (χ0n) is 14.9. The van der Waals surface area contributed by atoms with E-state index in [1.807, 2.05) is 24.3 Å². The van der Waals surface area contributed by atoms with Crippen molar-refractivity contribution in [3.8, 4) is 0 Å². The number of aryl methyl sites for hydroxylation is 2. The Morgan fingerprint density at radius 3 is 1.87 bits per heavy atom. The number of para-hydroxylation sites is 1. The van der Waals surface area contributed by atoms with Crippen LogP contribution in [-0.4, -0.2) is 5.91 Å². The second-order valence-electron chi connectivity index (χ2n) is 6.94. The molecule has 2 aromatic rings. The number of rotatable bonds is 4. The summed E-state index contributed by atoms with van der Waals surface area (Å²) in [5.74, 6) is -0.0407. The predicted octanol–water partition coefficient (Wildman–Crippen LogP) is 5.36. The zero-order valence-corrected chi connectivity index (χ0v) is 14.9. The van der Waals surface area contributed by atoms with Crippen molar-refractivity contribution in [2.24, 2.45) is 0 Å². The van der Waals surface area contributed by atoms with Crippen LogP contribution < -0.4 is 5.32 Å². The standard InChI is InChI=1S/C21H27NO/c1-6-15-9-8-10-16(7-2)19(15)22-20(23)17-11-13-18(14-12-17)21(3,4)5/h8-14H,6-7H2,1-5H3,(H,22,23). The average molecular weight is 309 g/mol. The van der Waals surface area contributed by atoms with Gasteiger partial charge in [0.15, 0.2) is 0 Å².